The summed E-state index contributed by atoms with van der Waals surface area (Å²) in [5.41, 5.74) is 9.21. The molecule has 0 amide bonds. The fourth-order valence-electron chi connectivity index (χ4n) is 2.24. The van der Waals surface area contributed by atoms with Crippen molar-refractivity contribution in [2.45, 2.75) is 30.7 Å². The van der Waals surface area contributed by atoms with E-state index >= 15 is 0 Å². The van der Waals surface area contributed by atoms with E-state index in [0.29, 0.717) is 0 Å². The van der Waals surface area contributed by atoms with Gasteiger partial charge in [-0.05, 0) is 13.5 Å². The number of hydrogen-bond donors (Lipinski definition) is 1. The van der Waals surface area contributed by atoms with E-state index in [2.05, 4.69) is 29.2 Å². The van der Waals surface area contributed by atoms with Crippen LogP contribution in [0.15, 0.2) is 10.9 Å². The van der Waals surface area contributed by atoms with Crippen molar-refractivity contribution in [2.24, 2.45) is 5.73 Å². The molecule has 0 bridgehead atoms. The van der Waals surface area contributed by atoms with Crippen molar-refractivity contribution < 1.29 is 0 Å². The molecule has 2 rings (SSSR count). The van der Waals surface area contributed by atoms with Gasteiger partial charge in [0.1, 0.15) is 0 Å². The third-order valence-corrected chi connectivity index (χ3v) is 5.45. The second-order valence-electron chi connectivity index (χ2n) is 4.59. The first-order valence-electron chi connectivity index (χ1n) is 5.56. The van der Waals surface area contributed by atoms with Gasteiger partial charge in [0, 0.05) is 35.0 Å². The van der Waals surface area contributed by atoms with Crippen molar-refractivity contribution in [2.75, 3.05) is 19.3 Å². The molecule has 2 N–H and O–H groups in total. The molecular formula is C11H19N3S2. The minimum absolute atomic E-state index is 0.174. The summed E-state index contributed by atoms with van der Waals surface area (Å²) < 4.78 is 0. The van der Waals surface area contributed by atoms with Crippen LogP contribution in [0.5, 0.6) is 0 Å². The molecule has 1 aliphatic rings. The van der Waals surface area contributed by atoms with E-state index in [1.165, 1.54) is 6.42 Å². The van der Waals surface area contributed by atoms with Gasteiger partial charge in [0.05, 0.1) is 11.2 Å². The third kappa shape index (κ3) is 2.42. The summed E-state index contributed by atoms with van der Waals surface area (Å²) in [7, 11) is 2.17. The molecule has 5 heteroatoms. The Morgan fingerprint density at radius 1 is 1.69 bits per heavy atom. The van der Waals surface area contributed by atoms with Gasteiger partial charge >= 0.3 is 0 Å². The van der Waals surface area contributed by atoms with E-state index in [1.807, 2.05) is 17.3 Å². The molecule has 2 heterocycles. The first-order chi connectivity index (χ1) is 7.66. The lowest BCUT2D eigenvalue weighted by Crippen LogP contribution is -2.52. The zero-order chi connectivity index (χ0) is 11.6. The molecule has 0 spiro atoms. The van der Waals surface area contributed by atoms with E-state index in [-0.39, 0.29) is 5.54 Å². The molecule has 0 aromatic carbocycles. The Bertz CT molecular complexity index is 328. The molecule has 1 aromatic heterocycles. The number of nitrogens with two attached hydrogens (primary N) is 1. The first-order valence-corrected chi connectivity index (χ1v) is 7.55. The number of likely N-dealkylation sites (N-methyl/N-ethyl adjacent to an activating group) is 1. The van der Waals surface area contributed by atoms with Crippen LogP contribution in [0.1, 0.15) is 19.0 Å². The fourth-order valence-corrected chi connectivity index (χ4v) is 4.27. The fraction of sp³-hybridized carbons (Fsp3) is 0.727. The van der Waals surface area contributed by atoms with Crippen molar-refractivity contribution >= 4 is 23.1 Å². The zero-order valence-corrected chi connectivity index (χ0v) is 11.5. The molecular weight excluding hydrogens is 238 g/mol. The standard InChI is InChI=1S/C11H19N3S2/c1-9-3-11(6-12,7-16-9)14(2)4-10-5-15-8-13-10/h5,8-9H,3-4,6-7,12H2,1-2H3. The van der Waals surface area contributed by atoms with Crippen LogP contribution in [0.4, 0.5) is 0 Å². The summed E-state index contributed by atoms with van der Waals surface area (Å²) in [5, 5.41) is 2.84. The molecule has 2 unspecified atom stereocenters. The van der Waals surface area contributed by atoms with Crippen LogP contribution < -0.4 is 5.73 Å². The van der Waals surface area contributed by atoms with Crippen LogP contribution in [0, 0.1) is 0 Å². The summed E-state index contributed by atoms with van der Waals surface area (Å²) in [6, 6.07) is 0. The Labute approximate surface area is 105 Å². The van der Waals surface area contributed by atoms with E-state index in [1.54, 1.807) is 11.3 Å². The second kappa shape index (κ2) is 5.04. The third-order valence-electron chi connectivity index (χ3n) is 3.38. The topological polar surface area (TPSA) is 42.1 Å². The minimum Gasteiger partial charge on any atom is -0.329 e. The minimum atomic E-state index is 0.174. The predicted molar refractivity (Wildman–Crippen MR) is 71.9 cm³/mol. The normalized spacial score (nSPS) is 30.1. The molecule has 0 radical (unpaired) electrons. The van der Waals surface area contributed by atoms with Gasteiger partial charge in [-0.25, -0.2) is 4.98 Å². The van der Waals surface area contributed by atoms with Crippen molar-refractivity contribution in [3.63, 3.8) is 0 Å². The molecule has 3 nitrogen and oxygen atoms in total. The molecule has 0 saturated carbocycles. The van der Waals surface area contributed by atoms with Gasteiger partial charge in [0.2, 0.25) is 0 Å². The lowest BCUT2D eigenvalue weighted by Gasteiger charge is -2.37. The van der Waals surface area contributed by atoms with Crippen molar-refractivity contribution in [3.8, 4) is 0 Å². The summed E-state index contributed by atoms with van der Waals surface area (Å²) in [4.78, 5) is 6.73. The Kier molecular flexibility index (Phi) is 3.89. The molecule has 1 saturated heterocycles. The Hall–Kier alpha value is -0.100. The van der Waals surface area contributed by atoms with Gasteiger partial charge in [-0.3, -0.25) is 4.90 Å². The molecule has 1 fully saturated rings. The summed E-state index contributed by atoms with van der Waals surface area (Å²) >= 11 is 3.69. The van der Waals surface area contributed by atoms with E-state index < -0.39 is 0 Å². The lowest BCUT2D eigenvalue weighted by atomic mass is 9.94. The van der Waals surface area contributed by atoms with Gasteiger partial charge in [0.15, 0.2) is 0 Å². The van der Waals surface area contributed by atoms with E-state index in [4.69, 9.17) is 5.73 Å². The summed E-state index contributed by atoms with van der Waals surface area (Å²) in [6.07, 6.45) is 1.19. The molecule has 16 heavy (non-hydrogen) atoms. The van der Waals surface area contributed by atoms with Crippen LogP contribution >= 0.6 is 23.1 Å². The highest BCUT2D eigenvalue weighted by molar-refractivity contribution is 8.00. The smallest absolute Gasteiger partial charge is 0.0795 e. The summed E-state index contributed by atoms with van der Waals surface area (Å²) in [6.45, 7) is 3.94. The highest BCUT2D eigenvalue weighted by Crippen LogP contribution is 2.37. The van der Waals surface area contributed by atoms with Crippen LogP contribution in [-0.4, -0.2) is 40.0 Å². The molecule has 90 valence electrons. The molecule has 2 atom stereocenters. The van der Waals surface area contributed by atoms with Crippen LogP contribution in [0.3, 0.4) is 0 Å². The molecule has 0 aliphatic carbocycles. The Morgan fingerprint density at radius 3 is 3.00 bits per heavy atom. The van der Waals surface area contributed by atoms with Gasteiger partial charge in [0.25, 0.3) is 0 Å². The van der Waals surface area contributed by atoms with Crippen LogP contribution in [-0.2, 0) is 6.54 Å². The number of aromatic nitrogens is 1. The molecule has 1 aromatic rings. The lowest BCUT2D eigenvalue weighted by molar-refractivity contribution is 0.137. The summed E-state index contributed by atoms with van der Waals surface area (Å²) in [5.74, 6) is 1.14. The number of nitrogens with zero attached hydrogens (tertiary/aromatic N) is 2. The maximum atomic E-state index is 5.99. The highest BCUT2D eigenvalue weighted by atomic mass is 32.2. The van der Waals surface area contributed by atoms with Crippen molar-refractivity contribution in [1.29, 1.82) is 0 Å². The quantitative estimate of drug-likeness (QED) is 0.893. The number of hydrogen-bond acceptors (Lipinski definition) is 5. The number of thiazole rings is 1. The van der Waals surface area contributed by atoms with Crippen molar-refractivity contribution in [1.82, 2.24) is 9.88 Å². The van der Waals surface area contributed by atoms with Gasteiger partial charge < -0.3 is 5.73 Å². The highest BCUT2D eigenvalue weighted by Gasteiger charge is 2.40. The van der Waals surface area contributed by atoms with Crippen LogP contribution in [0.25, 0.3) is 0 Å². The second-order valence-corrected chi connectivity index (χ2v) is 6.74. The van der Waals surface area contributed by atoms with E-state index in [9.17, 15) is 0 Å². The zero-order valence-electron chi connectivity index (χ0n) is 9.85. The van der Waals surface area contributed by atoms with Gasteiger partial charge in [-0.1, -0.05) is 6.92 Å². The van der Waals surface area contributed by atoms with Gasteiger partial charge in [-0.15, -0.1) is 11.3 Å². The first kappa shape index (κ1) is 12.4. The number of thioether (sulfide) groups is 1. The SMILES string of the molecule is CC1CC(CN)(N(C)Cc2cscn2)CS1. The Morgan fingerprint density at radius 2 is 2.50 bits per heavy atom. The Balaban J connectivity index is 2.04. The molecule has 1 aliphatic heterocycles. The van der Waals surface area contributed by atoms with Gasteiger partial charge in [-0.2, -0.15) is 11.8 Å². The van der Waals surface area contributed by atoms with E-state index in [0.717, 1.165) is 29.8 Å². The van der Waals surface area contributed by atoms with Crippen LogP contribution in [0.2, 0.25) is 0 Å². The predicted octanol–water partition coefficient (Wildman–Crippen LogP) is 1.80. The number of rotatable bonds is 4. The maximum Gasteiger partial charge on any atom is 0.0795 e. The monoisotopic (exact) mass is 257 g/mol. The maximum absolute atomic E-state index is 5.99. The average Bonchev–Trinajstić information content (AvgIpc) is 2.88. The average molecular weight is 257 g/mol. The largest absolute Gasteiger partial charge is 0.329 e. The van der Waals surface area contributed by atoms with Crippen molar-refractivity contribution in [3.05, 3.63) is 16.6 Å².